The molecule has 1 N–H and O–H groups in total. The topological polar surface area (TPSA) is 142 Å². The van der Waals surface area contributed by atoms with Crippen molar-refractivity contribution in [3.63, 3.8) is 0 Å². The first-order valence-electron chi connectivity index (χ1n) is 13.9. The molecule has 4 aromatic rings. The van der Waals surface area contributed by atoms with E-state index in [9.17, 15) is 19.7 Å². The molecule has 0 aliphatic carbocycles. The number of carbonyl (C=O) groups is 2. The standard InChI is InChI=1S/C33H32N4O8/c1-19-9-10-20(37(40)41)16-27(19)44-18-25-22(13-14-26-29(25)36(4)32(39)33(2,3)35-26)23-12-11-21(17-28(23)42-5)45-31(38)24-8-7-15-34-30(24)43-6/h7-17,35H,18H2,1-6H3. The van der Waals surface area contributed by atoms with Crippen LogP contribution in [0.4, 0.5) is 17.1 Å². The number of carbonyl (C=O) groups excluding carboxylic acids is 2. The van der Waals surface area contributed by atoms with E-state index < -0.39 is 16.4 Å². The molecule has 3 aromatic carbocycles. The van der Waals surface area contributed by atoms with Crippen LogP contribution in [0.5, 0.6) is 23.1 Å². The van der Waals surface area contributed by atoms with Crippen molar-refractivity contribution in [2.45, 2.75) is 32.9 Å². The minimum atomic E-state index is -0.849. The fourth-order valence-corrected chi connectivity index (χ4v) is 5.27. The zero-order valence-corrected chi connectivity index (χ0v) is 25.7. The molecular weight excluding hydrogens is 580 g/mol. The molecule has 0 atom stereocenters. The van der Waals surface area contributed by atoms with Crippen molar-refractivity contribution in [1.82, 2.24) is 4.98 Å². The lowest BCUT2D eigenvalue weighted by atomic mass is 9.91. The quantitative estimate of drug-likeness (QED) is 0.104. The summed E-state index contributed by atoms with van der Waals surface area (Å²) in [6.45, 7) is 5.37. The zero-order valence-electron chi connectivity index (χ0n) is 25.7. The Morgan fingerprint density at radius 3 is 2.49 bits per heavy atom. The first kappa shape index (κ1) is 30.8. The van der Waals surface area contributed by atoms with Crippen LogP contribution in [-0.4, -0.2) is 48.6 Å². The van der Waals surface area contributed by atoms with Gasteiger partial charge in [0, 0.05) is 36.5 Å². The van der Waals surface area contributed by atoms with Gasteiger partial charge >= 0.3 is 5.97 Å². The van der Waals surface area contributed by atoms with Gasteiger partial charge in [-0.3, -0.25) is 14.9 Å². The van der Waals surface area contributed by atoms with E-state index in [1.54, 1.807) is 69.1 Å². The van der Waals surface area contributed by atoms with Crippen LogP contribution in [0.2, 0.25) is 0 Å². The number of fused-ring (bicyclic) bond motifs is 1. The molecule has 0 bridgehead atoms. The number of esters is 1. The van der Waals surface area contributed by atoms with Crippen molar-refractivity contribution < 1.29 is 33.5 Å². The van der Waals surface area contributed by atoms with E-state index in [0.717, 1.165) is 5.69 Å². The first-order chi connectivity index (χ1) is 21.4. The van der Waals surface area contributed by atoms with Crippen molar-refractivity contribution in [1.29, 1.82) is 0 Å². The molecule has 0 radical (unpaired) electrons. The summed E-state index contributed by atoms with van der Waals surface area (Å²) in [5.41, 5.74) is 3.20. The number of ether oxygens (including phenoxy) is 4. The highest BCUT2D eigenvalue weighted by atomic mass is 16.6. The zero-order chi connectivity index (χ0) is 32.5. The van der Waals surface area contributed by atoms with E-state index in [0.29, 0.717) is 39.4 Å². The number of hydrogen-bond donors (Lipinski definition) is 1. The van der Waals surface area contributed by atoms with E-state index in [4.69, 9.17) is 18.9 Å². The summed E-state index contributed by atoms with van der Waals surface area (Å²) in [4.78, 5) is 42.8. The number of aryl methyl sites for hydroxylation is 1. The molecule has 1 aliphatic rings. The number of anilines is 2. The Morgan fingerprint density at radius 1 is 1.02 bits per heavy atom. The summed E-state index contributed by atoms with van der Waals surface area (Å²) in [6.07, 6.45) is 1.51. The van der Waals surface area contributed by atoms with Crippen LogP contribution >= 0.6 is 0 Å². The monoisotopic (exact) mass is 612 g/mol. The van der Waals surface area contributed by atoms with Gasteiger partial charge in [-0.2, -0.15) is 0 Å². The van der Waals surface area contributed by atoms with Crippen LogP contribution in [0.15, 0.2) is 66.9 Å². The highest BCUT2D eigenvalue weighted by Crippen LogP contribution is 2.45. The summed E-state index contributed by atoms with van der Waals surface area (Å²) in [7, 11) is 4.61. The molecule has 5 rings (SSSR count). The van der Waals surface area contributed by atoms with E-state index in [1.807, 2.05) is 12.1 Å². The molecule has 1 amide bonds. The minimum absolute atomic E-state index is 0.0268. The van der Waals surface area contributed by atoms with Crippen molar-refractivity contribution in [2.75, 3.05) is 31.5 Å². The smallest absolute Gasteiger partial charge is 0.349 e. The van der Waals surface area contributed by atoms with Gasteiger partial charge in [0.15, 0.2) is 0 Å². The molecule has 0 saturated carbocycles. The fraction of sp³-hybridized carbons (Fsp3) is 0.242. The van der Waals surface area contributed by atoms with Crippen LogP contribution in [0.1, 0.15) is 35.3 Å². The summed E-state index contributed by atoms with van der Waals surface area (Å²) in [6, 6.07) is 16.3. The molecule has 12 heteroatoms. The second-order valence-corrected chi connectivity index (χ2v) is 10.9. The Morgan fingerprint density at radius 2 is 1.78 bits per heavy atom. The summed E-state index contributed by atoms with van der Waals surface area (Å²) in [5.74, 6) is 0.290. The van der Waals surface area contributed by atoms with Gasteiger partial charge in [0.25, 0.3) is 11.6 Å². The number of benzene rings is 3. The van der Waals surface area contributed by atoms with Crippen LogP contribution < -0.4 is 29.2 Å². The molecule has 1 aliphatic heterocycles. The lowest BCUT2D eigenvalue weighted by Gasteiger charge is -2.39. The maximum absolute atomic E-state index is 13.4. The van der Waals surface area contributed by atoms with Crippen LogP contribution in [0.3, 0.4) is 0 Å². The highest BCUT2D eigenvalue weighted by Gasteiger charge is 2.39. The van der Waals surface area contributed by atoms with Crippen molar-refractivity contribution in [3.05, 3.63) is 93.7 Å². The summed E-state index contributed by atoms with van der Waals surface area (Å²) in [5, 5.41) is 14.7. The van der Waals surface area contributed by atoms with Crippen molar-refractivity contribution in [2.24, 2.45) is 0 Å². The average Bonchev–Trinajstić information content (AvgIpc) is 3.02. The fourth-order valence-electron chi connectivity index (χ4n) is 5.27. The Hall–Kier alpha value is -5.65. The van der Waals surface area contributed by atoms with Gasteiger partial charge in [-0.1, -0.05) is 6.07 Å². The predicted molar refractivity (Wildman–Crippen MR) is 167 cm³/mol. The van der Waals surface area contributed by atoms with Crippen molar-refractivity contribution >= 4 is 28.9 Å². The Labute approximate surface area is 259 Å². The highest BCUT2D eigenvalue weighted by molar-refractivity contribution is 6.09. The normalized spacial score (nSPS) is 13.4. The molecule has 0 unspecified atom stereocenters. The number of nitro benzene ring substituents is 1. The van der Waals surface area contributed by atoms with Gasteiger partial charge in [0.2, 0.25) is 5.88 Å². The number of amides is 1. The SMILES string of the molecule is COc1cc(OC(=O)c2cccnc2OC)ccc1-c1ccc2c(c1COc1cc([N+](=O)[O-])ccc1C)N(C)C(=O)C(C)(C)N2. The third-order valence-electron chi connectivity index (χ3n) is 7.52. The number of non-ortho nitro benzene ring substituents is 1. The number of nitro groups is 1. The van der Waals surface area contributed by atoms with E-state index in [1.165, 1.54) is 32.5 Å². The molecule has 0 fully saturated rings. The number of rotatable bonds is 9. The molecule has 1 aromatic heterocycles. The van der Waals surface area contributed by atoms with E-state index in [2.05, 4.69) is 10.3 Å². The van der Waals surface area contributed by atoms with Crippen LogP contribution in [0.25, 0.3) is 11.1 Å². The third-order valence-corrected chi connectivity index (χ3v) is 7.52. The molecule has 2 heterocycles. The largest absolute Gasteiger partial charge is 0.496 e. The van der Waals surface area contributed by atoms with Crippen LogP contribution in [-0.2, 0) is 11.4 Å². The molecule has 232 valence electrons. The number of aromatic nitrogens is 1. The maximum atomic E-state index is 13.4. The summed E-state index contributed by atoms with van der Waals surface area (Å²) < 4.78 is 22.7. The number of methoxy groups -OCH3 is 2. The second kappa shape index (κ2) is 12.2. The lowest BCUT2D eigenvalue weighted by molar-refractivity contribution is -0.385. The van der Waals surface area contributed by atoms with Crippen LogP contribution in [0, 0.1) is 17.0 Å². The maximum Gasteiger partial charge on any atom is 0.349 e. The number of nitrogens with one attached hydrogen (secondary N) is 1. The number of pyridine rings is 1. The third kappa shape index (κ3) is 5.94. The lowest BCUT2D eigenvalue weighted by Crippen LogP contribution is -2.52. The van der Waals surface area contributed by atoms with Gasteiger partial charge in [-0.25, -0.2) is 9.78 Å². The van der Waals surface area contributed by atoms with Crippen molar-refractivity contribution in [3.8, 4) is 34.3 Å². The molecule has 0 spiro atoms. The predicted octanol–water partition coefficient (Wildman–Crippen LogP) is 5.95. The van der Waals surface area contributed by atoms with E-state index >= 15 is 0 Å². The molecule has 45 heavy (non-hydrogen) atoms. The van der Waals surface area contributed by atoms with Gasteiger partial charge in [-0.05, 0) is 68.3 Å². The minimum Gasteiger partial charge on any atom is -0.496 e. The Kier molecular flexibility index (Phi) is 8.32. The molecule has 12 nitrogen and oxygen atoms in total. The number of likely N-dealkylation sites (N-methyl/N-ethyl adjacent to an activating group) is 1. The van der Waals surface area contributed by atoms with E-state index in [-0.39, 0.29) is 35.4 Å². The van der Waals surface area contributed by atoms with Gasteiger partial charge in [-0.15, -0.1) is 0 Å². The summed E-state index contributed by atoms with van der Waals surface area (Å²) >= 11 is 0. The number of hydrogen-bond acceptors (Lipinski definition) is 10. The van der Waals surface area contributed by atoms with Gasteiger partial charge in [0.05, 0.1) is 36.6 Å². The van der Waals surface area contributed by atoms with Gasteiger partial charge < -0.3 is 29.2 Å². The number of nitrogens with zero attached hydrogens (tertiary/aromatic N) is 3. The molecular formula is C33H32N4O8. The average molecular weight is 613 g/mol. The Balaban J connectivity index is 1.58. The Bertz CT molecular complexity index is 1820. The first-order valence-corrected chi connectivity index (χ1v) is 13.9. The molecule has 0 saturated heterocycles. The second-order valence-electron chi connectivity index (χ2n) is 10.9. The van der Waals surface area contributed by atoms with Gasteiger partial charge in [0.1, 0.15) is 35.0 Å².